The largest absolute Gasteiger partial charge is 0.335 e. The lowest BCUT2D eigenvalue weighted by atomic mass is 10.1. The minimum absolute atomic E-state index is 0.0121. The molecule has 2 amide bonds. The Morgan fingerprint density at radius 3 is 2.68 bits per heavy atom. The van der Waals surface area contributed by atoms with Crippen molar-refractivity contribution in [1.82, 2.24) is 30.3 Å². The maximum atomic E-state index is 12.9. The minimum atomic E-state index is -0.0121. The van der Waals surface area contributed by atoms with Crippen LogP contribution in [-0.2, 0) is 6.54 Å². The van der Waals surface area contributed by atoms with Crippen molar-refractivity contribution in [3.63, 3.8) is 0 Å². The number of H-pyrrole nitrogens is 1. The quantitative estimate of drug-likeness (QED) is 0.852. The summed E-state index contributed by atoms with van der Waals surface area (Å²) in [6.45, 7) is 5.04. The van der Waals surface area contributed by atoms with Crippen LogP contribution in [0.5, 0.6) is 0 Å². The molecular weight excluding hydrogens is 352 g/mol. The van der Waals surface area contributed by atoms with E-state index < -0.39 is 0 Å². The summed E-state index contributed by atoms with van der Waals surface area (Å²) in [5, 5.41) is 10.6. The maximum absolute atomic E-state index is 12.9. The van der Waals surface area contributed by atoms with Gasteiger partial charge in [-0.1, -0.05) is 43.2 Å². The van der Waals surface area contributed by atoms with Gasteiger partial charge < -0.3 is 10.2 Å². The predicted octanol–water partition coefficient (Wildman–Crippen LogP) is 3.01. The number of nitrogens with zero attached hydrogens (tertiary/aromatic N) is 4. The standard InChI is InChI=1S/C21H30N6O/c1-16-22-20(25-24-16)19-15-27(21(28)23-18-10-5-6-11-18)13-7-12-26(19)14-17-8-3-2-4-9-17/h2-4,8-9,18-19H,5-7,10-15H2,1H3,(H,23,28)(H,22,24,25)/t19-/m0/s1. The molecule has 7 heteroatoms. The number of aromatic amines is 1. The highest BCUT2D eigenvalue weighted by Crippen LogP contribution is 2.25. The topological polar surface area (TPSA) is 77.2 Å². The van der Waals surface area contributed by atoms with Gasteiger partial charge in [0.2, 0.25) is 0 Å². The first-order chi connectivity index (χ1) is 13.7. The SMILES string of the molecule is Cc1nc([C@@H]2CN(C(=O)NC3CCCC3)CCCN2Cc2ccccc2)n[nH]1. The van der Waals surface area contributed by atoms with Gasteiger partial charge in [0.05, 0.1) is 6.04 Å². The summed E-state index contributed by atoms with van der Waals surface area (Å²) >= 11 is 0. The van der Waals surface area contributed by atoms with Crippen molar-refractivity contribution in [1.29, 1.82) is 0 Å². The monoisotopic (exact) mass is 382 g/mol. The normalized spacial score (nSPS) is 21.6. The third-order valence-electron chi connectivity index (χ3n) is 5.82. The third-order valence-corrected chi connectivity index (χ3v) is 5.82. The number of urea groups is 1. The summed E-state index contributed by atoms with van der Waals surface area (Å²) in [7, 11) is 0. The average Bonchev–Trinajstić information content (AvgIpc) is 3.31. The number of carbonyl (C=O) groups excluding carboxylic acids is 1. The molecule has 2 N–H and O–H groups in total. The fraction of sp³-hybridized carbons (Fsp3) is 0.571. The molecule has 1 aromatic carbocycles. The third kappa shape index (κ3) is 4.52. The summed E-state index contributed by atoms with van der Waals surface area (Å²) < 4.78 is 0. The van der Waals surface area contributed by atoms with Gasteiger partial charge in [0.15, 0.2) is 5.82 Å². The fourth-order valence-electron chi connectivity index (χ4n) is 4.32. The van der Waals surface area contributed by atoms with Crippen molar-refractivity contribution in [3.8, 4) is 0 Å². The van der Waals surface area contributed by atoms with Crippen LogP contribution in [0.1, 0.15) is 55.4 Å². The van der Waals surface area contributed by atoms with Crippen molar-refractivity contribution < 1.29 is 4.79 Å². The van der Waals surface area contributed by atoms with Gasteiger partial charge in [-0.25, -0.2) is 9.78 Å². The number of rotatable bonds is 4. The second-order valence-corrected chi connectivity index (χ2v) is 7.98. The molecule has 0 spiro atoms. The van der Waals surface area contributed by atoms with E-state index in [-0.39, 0.29) is 12.1 Å². The van der Waals surface area contributed by atoms with E-state index in [1.807, 2.05) is 17.9 Å². The van der Waals surface area contributed by atoms with Gasteiger partial charge in [-0.3, -0.25) is 10.00 Å². The molecular formula is C21H30N6O. The lowest BCUT2D eigenvalue weighted by molar-refractivity contribution is 0.161. The molecule has 1 saturated carbocycles. The average molecular weight is 383 g/mol. The molecule has 28 heavy (non-hydrogen) atoms. The molecule has 1 aliphatic heterocycles. The van der Waals surface area contributed by atoms with Crippen LogP contribution < -0.4 is 5.32 Å². The molecule has 4 rings (SSSR count). The van der Waals surface area contributed by atoms with Crippen molar-refractivity contribution in [2.45, 2.75) is 57.7 Å². The lowest BCUT2D eigenvalue weighted by Crippen LogP contribution is -2.46. The smallest absolute Gasteiger partial charge is 0.317 e. The van der Waals surface area contributed by atoms with Gasteiger partial charge in [-0.2, -0.15) is 5.10 Å². The van der Waals surface area contributed by atoms with Crippen LogP contribution >= 0.6 is 0 Å². The van der Waals surface area contributed by atoms with Gasteiger partial charge in [-0.15, -0.1) is 0 Å². The van der Waals surface area contributed by atoms with E-state index in [9.17, 15) is 4.79 Å². The van der Waals surface area contributed by atoms with Gasteiger partial charge in [0.25, 0.3) is 0 Å². The highest BCUT2D eigenvalue weighted by molar-refractivity contribution is 5.74. The predicted molar refractivity (Wildman–Crippen MR) is 108 cm³/mol. The zero-order valence-corrected chi connectivity index (χ0v) is 16.6. The molecule has 1 aromatic heterocycles. The van der Waals surface area contributed by atoms with E-state index >= 15 is 0 Å². The number of hydrogen-bond donors (Lipinski definition) is 2. The Kier molecular flexibility index (Phi) is 5.90. The molecule has 2 heterocycles. The Bertz CT molecular complexity index is 770. The van der Waals surface area contributed by atoms with E-state index in [2.05, 4.69) is 49.7 Å². The van der Waals surface area contributed by atoms with Gasteiger partial charge in [0.1, 0.15) is 5.82 Å². The highest BCUT2D eigenvalue weighted by Gasteiger charge is 2.32. The molecule has 1 aliphatic carbocycles. The van der Waals surface area contributed by atoms with Crippen molar-refractivity contribution in [3.05, 3.63) is 47.5 Å². The van der Waals surface area contributed by atoms with Crippen LogP contribution in [-0.4, -0.2) is 56.7 Å². The zero-order chi connectivity index (χ0) is 19.3. The number of carbonyl (C=O) groups is 1. The highest BCUT2D eigenvalue weighted by atomic mass is 16.2. The lowest BCUT2D eigenvalue weighted by Gasteiger charge is -2.30. The Morgan fingerprint density at radius 1 is 1.18 bits per heavy atom. The zero-order valence-electron chi connectivity index (χ0n) is 16.6. The second-order valence-electron chi connectivity index (χ2n) is 7.98. The van der Waals surface area contributed by atoms with Crippen LogP contribution in [0.2, 0.25) is 0 Å². The van der Waals surface area contributed by atoms with Crippen LogP contribution in [0.3, 0.4) is 0 Å². The molecule has 0 bridgehead atoms. The van der Waals surface area contributed by atoms with Gasteiger partial charge in [-0.05, 0) is 31.7 Å². The molecule has 2 aromatic rings. The molecule has 1 saturated heterocycles. The number of benzene rings is 1. The molecule has 0 unspecified atom stereocenters. The summed E-state index contributed by atoms with van der Waals surface area (Å²) in [6, 6.07) is 10.9. The summed E-state index contributed by atoms with van der Waals surface area (Å²) in [5.41, 5.74) is 1.27. The van der Waals surface area contributed by atoms with E-state index in [0.717, 1.165) is 50.5 Å². The first-order valence-corrected chi connectivity index (χ1v) is 10.4. The van der Waals surface area contributed by atoms with E-state index in [1.165, 1.54) is 18.4 Å². The van der Waals surface area contributed by atoms with Crippen molar-refractivity contribution in [2.24, 2.45) is 0 Å². The first kappa shape index (κ1) is 18.9. The molecule has 2 fully saturated rings. The minimum Gasteiger partial charge on any atom is -0.335 e. The summed E-state index contributed by atoms with van der Waals surface area (Å²) in [4.78, 5) is 21.9. The molecule has 1 atom stereocenters. The molecule has 7 nitrogen and oxygen atoms in total. The number of aryl methyl sites for hydroxylation is 1. The van der Waals surface area contributed by atoms with Gasteiger partial charge in [0, 0.05) is 32.2 Å². The van der Waals surface area contributed by atoms with E-state index in [0.29, 0.717) is 12.6 Å². The Labute approximate surface area is 166 Å². The van der Waals surface area contributed by atoms with Crippen LogP contribution in [0.15, 0.2) is 30.3 Å². The number of hydrogen-bond acceptors (Lipinski definition) is 4. The van der Waals surface area contributed by atoms with E-state index in [1.54, 1.807) is 0 Å². The number of aromatic nitrogens is 3. The molecule has 2 aliphatic rings. The second kappa shape index (κ2) is 8.73. The van der Waals surface area contributed by atoms with Crippen LogP contribution in [0, 0.1) is 6.92 Å². The summed E-state index contributed by atoms with van der Waals surface area (Å²) in [6.07, 6.45) is 5.58. The number of amides is 2. The summed E-state index contributed by atoms with van der Waals surface area (Å²) in [5.74, 6) is 1.58. The van der Waals surface area contributed by atoms with Crippen LogP contribution in [0.25, 0.3) is 0 Å². The van der Waals surface area contributed by atoms with Crippen LogP contribution in [0.4, 0.5) is 4.79 Å². The van der Waals surface area contributed by atoms with Crippen molar-refractivity contribution >= 4 is 6.03 Å². The maximum Gasteiger partial charge on any atom is 0.317 e. The van der Waals surface area contributed by atoms with Gasteiger partial charge >= 0.3 is 6.03 Å². The Morgan fingerprint density at radius 2 is 1.96 bits per heavy atom. The molecule has 0 radical (unpaired) electrons. The first-order valence-electron chi connectivity index (χ1n) is 10.4. The fourth-order valence-corrected chi connectivity index (χ4v) is 4.32. The Balaban J connectivity index is 1.51. The van der Waals surface area contributed by atoms with E-state index in [4.69, 9.17) is 0 Å². The number of nitrogens with one attached hydrogen (secondary N) is 2. The van der Waals surface area contributed by atoms with Crippen molar-refractivity contribution in [2.75, 3.05) is 19.6 Å². The Hall–Kier alpha value is -2.41. The molecule has 150 valence electrons.